The molecule has 2 atom stereocenters. The van der Waals surface area contributed by atoms with Gasteiger partial charge < -0.3 is 9.80 Å². The molecule has 0 radical (unpaired) electrons. The van der Waals surface area contributed by atoms with Crippen molar-refractivity contribution in [2.24, 2.45) is 0 Å². The first kappa shape index (κ1) is 23.5. The molecule has 0 spiro atoms. The Morgan fingerprint density at radius 1 is 0.971 bits per heavy atom. The highest BCUT2D eigenvalue weighted by Crippen LogP contribution is 2.24. The zero-order valence-electron chi connectivity index (χ0n) is 19.7. The van der Waals surface area contributed by atoms with Gasteiger partial charge in [-0.15, -0.1) is 5.10 Å². The van der Waals surface area contributed by atoms with Crippen LogP contribution in [0.4, 0.5) is 5.82 Å². The van der Waals surface area contributed by atoms with Crippen molar-refractivity contribution in [1.29, 1.82) is 0 Å². The molecule has 35 heavy (non-hydrogen) atoms. The predicted octanol–water partition coefficient (Wildman–Crippen LogP) is 2.70. The minimum atomic E-state index is -0.248. The highest BCUT2D eigenvalue weighted by atomic mass is 35.5. The maximum absolute atomic E-state index is 13.2. The van der Waals surface area contributed by atoms with E-state index in [2.05, 4.69) is 52.0 Å². The van der Waals surface area contributed by atoms with E-state index in [4.69, 9.17) is 11.6 Å². The zero-order valence-corrected chi connectivity index (χ0v) is 20.4. The van der Waals surface area contributed by atoms with Crippen molar-refractivity contribution in [3.63, 3.8) is 0 Å². The Hall–Kier alpha value is -3.20. The van der Waals surface area contributed by atoms with E-state index in [1.54, 1.807) is 30.3 Å². The number of carbonyl (C=O) groups is 1. The van der Waals surface area contributed by atoms with Gasteiger partial charge in [0.05, 0.1) is 5.69 Å². The lowest BCUT2D eigenvalue weighted by atomic mass is 9.99. The molecule has 0 aliphatic carbocycles. The number of nitrogens with zero attached hydrogens (tertiary/aromatic N) is 4. The summed E-state index contributed by atoms with van der Waals surface area (Å²) in [6.45, 7) is 4.66. The third-order valence-corrected chi connectivity index (χ3v) is 7.02. The first-order valence-electron chi connectivity index (χ1n) is 12.0. The molecule has 2 aromatic carbocycles. The number of hydrogen-bond acceptors (Lipinski definition) is 6. The average Bonchev–Trinajstić information content (AvgIpc) is 3.40. The van der Waals surface area contributed by atoms with E-state index in [9.17, 15) is 9.59 Å². The van der Waals surface area contributed by atoms with Crippen LogP contribution in [0.5, 0.6) is 0 Å². The highest BCUT2D eigenvalue weighted by molar-refractivity contribution is 6.30. The van der Waals surface area contributed by atoms with Crippen molar-refractivity contribution >= 4 is 23.3 Å². The van der Waals surface area contributed by atoms with Crippen LogP contribution in [0.2, 0.25) is 5.02 Å². The molecule has 9 heteroatoms. The van der Waals surface area contributed by atoms with Gasteiger partial charge in [-0.2, -0.15) is 4.68 Å². The van der Waals surface area contributed by atoms with E-state index in [1.165, 1.54) is 21.9 Å². The maximum Gasteiger partial charge on any atom is 0.271 e. The smallest absolute Gasteiger partial charge is 0.271 e. The van der Waals surface area contributed by atoms with Gasteiger partial charge in [-0.1, -0.05) is 42.8 Å². The van der Waals surface area contributed by atoms with E-state index in [0.29, 0.717) is 42.7 Å². The number of amides is 1. The second-order valence-corrected chi connectivity index (χ2v) is 9.39. The van der Waals surface area contributed by atoms with E-state index in [1.807, 2.05) is 4.90 Å². The lowest BCUT2D eigenvalue weighted by Crippen LogP contribution is -2.54. The van der Waals surface area contributed by atoms with Crippen molar-refractivity contribution in [2.75, 3.05) is 31.1 Å². The van der Waals surface area contributed by atoms with Crippen molar-refractivity contribution in [3.8, 4) is 5.69 Å². The van der Waals surface area contributed by atoms with Crippen LogP contribution in [-0.4, -0.2) is 52.8 Å². The van der Waals surface area contributed by atoms with Gasteiger partial charge in [-0.25, -0.2) is 10.9 Å². The summed E-state index contributed by atoms with van der Waals surface area (Å²) >= 11 is 5.97. The molecule has 182 valence electrons. The lowest BCUT2D eigenvalue weighted by molar-refractivity contribution is -0.133. The molecule has 3 aromatic rings. The van der Waals surface area contributed by atoms with Gasteiger partial charge in [0.25, 0.3) is 5.56 Å². The van der Waals surface area contributed by atoms with Gasteiger partial charge in [0.1, 0.15) is 11.9 Å². The van der Waals surface area contributed by atoms with E-state index in [-0.39, 0.29) is 23.6 Å². The molecular weight excluding hydrogens is 464 g/mol. The van der Waals surface area contributed by atoms with Gasteiger partial charge in [-0.3, -0.25) is 9.59 Å². The topological polar surface area (TPSA) is 82.5 Å². The Morgan fingerprint density at radius 2 is 1.69 bits per heavy atom. The molecule has 2 aliphatic heterocycles. The molecular formula is C26H29ClN6O2. The molecule has 1 amide bonds. The van der Waals surface area contributed by atoms with Crippen LogP contribution in [-0.2, 0) is 11.2 Å². The van der Waals surface area contributed by atoms with E-state index < -0.39 is 0 Å². The van der Waals surface area contributed by atoms with Gasteiger partial charge in [0.2, 0.25) is 5.91 Å². The Bertz CT molecular complexity index is 1240. The van der Waals surface area contributed by atoms with Crippen molar-refractivity contribution in [3.05, 3.63) is 87.2 Å². The minimum absolute atomic E-state index is 0.115. The second-order valence-electron chi connectivity index (χ2n) is 8.96. The summed E-state index contributed by atoms with van der Waals surface area (Å²) in [7, 11) is 0. The maximum atomic E-state index is 13.2. The van der Waals surface area contributed by atoms with Gasteiger partial charge in [-0.05, 0) is 54.3 Å². The number of aromatic nitrogens is 2. The summed E-state index contributed by atoms with van der Waals surface area (Å²) < 4.78 is 1.38. The molecule has 0 saturated carbocycles. The molecule has 2 N–H and O–H groups in total. The fraction of sp³-hybridized carbons (Fsp3) is 0.346. The van der Waals surface area contributed by atoms with Crippen LogP contribution in [0.1, 0.15) is 30.5 Å². The fourth-order valence-electron chi connectivity index (χ4n) is 4.64. The first-order valence-corrected chi connectivity index (χ1v) is 12.4. The van der Waals surface area contributed by atoms with E-state index >= 15 is 0 Å². The summed E-state index contributed by atoms with van der Waals surface area (Å²) in [6, 6.07) is 18.7. The third-order valence-electron chi connectivity index (χ3n) is 6.76. The normalized spacial score (nSPS) is 20.3. The molecule has 1 aromatic heterocycles. The minimum Gasteiger partial charge on any atom is -0.352 e. The summed E-state index contributed by atoms with van der Waals surface area (Å²) in [5, 5.41) is 5.16. The molecule has 3 heterocycles. The number of benzene rings is 2. The molecule has 0 bridgehead atoms. The van der Waals surface area contributed by atoms with Crippen LogP contribution in [0, 0.1) is 0 Å². The SMILES string of the molecule is CCc1ccc(C2CC(C(=O)N3CCN(c4ccc(=O)n(-c5ccc(Cl)cc5)n4)CC3)NN2)cc1. The summed E-state index contributed by atoms with van der Waals surface area (Å²) in [5.41, 5.74) is 9.44. The van der Waals surface area contributed by atoms with Gasteiger partial charge in [0.15, 0.2) is 0 Å². The average molecular weight is 493 g/mol. The highest BCUT2D eigenvalue weighted by Gasteiger charge is 2.34. The molecule has 2 saturated heterocycles. The first-order chi connectivity index (χ1) is 17.0. The quantitative estimate of drug-likeness (QED) is 0.570. The number of hydrogen-bond donors (Lipinski definition) is 2. The number of piperazine rings is 1. The number of anilines is 1. The second kappa shape index (κ2) is 10.2. The molecule has 5 rings (SSSR count). The monoisotopic (exact) mass is 492 g/mol. The largest absolute Gasteiger partial charge is 0.352 e. The Morgan fingerprint density at radius 3 is 2.37 bits per heavy atom. The van der Waals surface area contributed by atoms with E-state index in [0.717, 1.165) is 12.8 Å². The van der Waals surface area contributed by atoms with Crippen LogP contribution in [0.3, 0.4) is 0 Å². The Balaban J connectivity index is 1.20. The standard InChI is InChI=1S/C26H29ClN6O2/c1-2-18-3-5-19(6-4-18)22-17-23(29-28-22)26(35)32-15-13-31(14-16-32)24-11-12-25(34)33(30-24)21-9-7-20(27)8-10-21/h3-12,22-23,28-29H,2,13-17H2,1H3. The van der Waals surface area contributed by atoms with Gasteiger partial charge >= 0.3 is 0 Å². The Kier molecular flexibility index (Phi) is 6.86. The van der Waals surface area contributed by atoms with Crippen molar-refractivity contribution in [1.82, 2.24) is 25.5 Å². The fourth-order valence-corrected chi connectivity index (χ4v) is 4.76. The number of nitrogens with one attached hydrogen (secondary N) is 2. The van der Waals surface area contributed by atoms with Gasteiger partial charge in [0, 0.05) is 43.3 Å². The van der Waals surface area contributed by atoms with Crippen LogP contribution in [0.25, 0.3) is 5.69 Å². The molecule has 2 aliphatic rings. The number of hydrazine groups is 1. The molecule has 2 fully saturated rings. The van der Waals surface area contributed by atoms with Crippen molar-refractivity contribution < 1.29 is 4.79 Å². The predicted molar refractivity (Wildman–Crippen MR) is 137 cm³/mol. The third kappa shape index (κ3) is 5.10. The number of halogens is 1. The number of rotatable bonds is 5. The van der Waals surface area contributed by atoms with Crippen LogP contribution < -0.4 is 21.3 Å². The molecule has 2 unspecified atom stereocenters. The van der Waals surface area contributed by atoms with Crippen molar-refractivity contribution in [2.45, 2.75) is 31.8 Å². The summed E-state index contributed by atoms with van der Waals surface area (Å²) in [4.78, 5) is 29.6. The summed E-state index contributed by atoms with van der Waals surface area (Å²) in [6.07, 6.45) is 1.74. The lowest BCUT2D eigenvalue weighted by Gasteiger charge is -2.36. The molecule has 8 nitrogen and oxygen atoms in total. The number of aryl methyl sites for hydroxylation is 1. The Labute approximate surface area is 209 Å². The zero-order chi connectivity index (χ0) is 24.4. The van der Waals surface area contributed by atoms with Crippen LogP contribution in [0.15, 0.2) is 65.5 Å². The summed E-state index contributed by atoms with van der Waals surface area (Å²) in [5.74, 6) is 0.826. The van der Waals surface area contributed by atoms with Crippen LogP contribution >= 0.6 is 11.6 Å². The number of carbonyl (C=O) groups excluding carboxylic acids is 1.